The van der Waals surface area contributed by atoms with E-state index >= 15 is 0 Å². The Kier molecular flexibility index (Phi) is 4.47. The van der Waals surface area contributed by atoms with Crippen molar-refractivity contribution in [2.24, 2.45) is 0 Å². The SMILES string of the molecule is CC(CO)SCC(F)(F)C(=O)O. The highest BCUT2D eigenvalue weighted by molar-refractivity contribution is 8.00. The van der Waals surface area contributed by atoms with Crippen molar-refractivity contribution in [2.45, 2.75) is 18.1 Å². The Labute approximate surface area is 72.8 Å². The highest BCUT2D eigenvalue weighted by Gasteiger charge is 2.38. The Morgan fingerprint density at radius 2 is 2.17 bits per heavy atom. The Bertz CT molecular complexity index is 163. The smallest absolute Gasteiger partial charge is 0.375 e. The fraction of sp³-hybridized carbons (Fsp3) is 0.833. The molecule has 0 saturated carbocycles. The fourth-order valence-electron chi connectivity index (χ4n) is 0.361. The first-order valence-electron chi connectivity index (χ1n) is 3.24. The Morgan fingerprint density at radius 1 is 1.67 bits per heavy atom. The highest BCUT2D eigenvalue weighted by Crippen LogP contribution is 2.22. The monoisotopic (exact) mass is 200 g/mol. The van der Waals surface area contributed by atoms with E-state index in [-0.39, 0.29) is 11.9 Å². The number of carbonyl (C=O) groups is 1. The number of hydrogen-bond donors (Lipinski definition) is 2. The van der Waals surface area contributed by atoms with Crippen molar-refractivity contribution < 1.29 is 23.8 Å². The molecule has 72 valence electrons. The number of rotatable bonds is 5. The molecule has 1 unspecified atom stereocenters. The second kappa shape index (κ2) is 4.61. The van der Waals surface area contributed by atoms with Gasteiger partial charge in [-0.05, 0) is 0 Å². The van der Waals surface area contributed by atoms with Crippen molar-refractivity contribution in [2.75, 3.05) is 12.4 Å². The van der Waals surface area contributed by atoms with Gasteiger partial charge in [-0.3, -0.25) is 0 Å². The zero-order valence-electron chi connectivity index (χ0n) is 6.46. The molecule has 0 saturated heterocycles. The lowest BCUT2D eigenvalue weighted by Crippen LogP contribution is -2.31. The first-order valence-corrected chi connectivity index (χ1v) is 4.28. The van der Waals surface area contributed by atoms with Gasteiger partial charge in [-0.2, -0.15) is 8.78 Å². The van der Waals surface area contributed by atoms with Crippen LogP contribution in [0.15, 0.2) is 0 Å². The van der Waals surface area contributed by atoms with Crippen LogP contribution in [0.25, 0.3) is 0 Å². The predicted octanol–water partition coefficient (Wildman–Crippen LogP) is 0.820. The molecule has 0 spiro atoms. The van der Waals surface area contributed by atoms with Gasteiger partial charge >= 0.3 is 11.9 Å². The highest BCUT2D eigenvalue weighted by atomic mass is 32.2. The van der Waals surface area contributed by atoms with Crippen LogP contribution in [0.1, 0.15) is 6.92 Å². The van der Waals surface area contributed by atoms with Crippen LogP contribution in [0.3, 0.4) is 0 Å². The van der Waals surface area contributed by atoms with E-state index in [0.29, 0.717) is 0 Å². The molecule has 0 amide bonds. The Hall–Kier alpha value is -0.360. The fourth-order valence-corrected chi connectivity index (χ4v) is 1.08. The van der Waals surface area contributed by atoms with Gasteiger partial charge in [0.15, 0.2) is 0 Å². The first-order chi connectivity index (χ1) is 5.40. The zero-order chi connectivity index (χ0) is 9.78. The van der Waals surface area contributed by atoms with Crippen LogP contribution in [0, 0.1) is 0 Å². The molecular weight excluding hydrogens is 190 g/mol. The number of alkyl halides is 2. The van der Waals surface area contributed by atoms with Gasteiger partial charge in [-0.1, -0.05) is 6.92 Å². The molecule has 12 heavy (non-hydrogen) atoms. The summed E-state index contributed by atoms with van der Waals surface area (Å²) in [6.07, 6.45) is 0. The lowest BCUT2D eigenvalue weighted by Gasteiger charge is -2.12. The first kappa shape index (κ1) is 11.6. The minimum absolute atomic E-state index is 0.236. The van der Waals surface area contributed by atoms with Crippen molar-refractivity contribution in [1.82, 2.24) is 0 Å². The summed E-state index contributed by atoms with van der Waals surface area (Å²) in [5.74, 6) is -6.63. The number of aliphatic hydroxyl groups is 1. The van der Waals surface area contributed by atoms with Gasteiger partial charge in [-0.15, -0.1) is 11.8 Å². The molecule has 6 heteroatoms. The molecule has 0 rings (SSSR count). The molecule has 0 aromatic rings. The topological polar surface area (TPSA) is 57.5 Å². The molecule has 3 nitrogen and oxygen atoms in total. The lowest BCUT2D eigenvalue weighted by atomic mass is 10.4. The van der Waals surface area contributed by atoms with Crippen LogP contribution in [0.4, 0.5) is 8.78 Å². The molecule has 1 atom stereocenters. The van der Waals surface area contributed by atoms with Crippen LogP contribution in [0.2, 0.25) is 0 Å². The number of carboxylic acids is 1. The van der Waals surface area contributed by atoms with E-state index in [1.807, 2.05) is 0 Å². The minimum Gasteiger partial charge on any atom is -0.477 e. The second-order valence-electron chi connectivity index (χ2n) is 2.31. The number of thioether (sulfide) groups is 1. The van der Waals surface area contributed by atoms with E-state index in [9.17, 15) is 13.6 Å². The molecule has 0 heterocycles. The molecule has 0 aromatic heterocycles. The molecule has 0 aliphatic carbocycles. The van der Waals surface area contributed by atoms with Crippen LogP contribution >= 0.6 is 11.8 Å². The summed E-state index contributed by atoms with van der Waals surface area (Å²) in [6, 6.07) is 0. The normalized spacial score (nSPS) is 14.3. The largest absolute Gasteiger partial charge is 0.477 e. The lowest BCUT2D eigenvalue weighted by molar-refractivity contribution is -0.161. The molecule has 0 bridgehead atoms. The molecule has 2 N–H and O–H groups in total. The third-order valence-electron chi connectivity index (χ3n) is 1.12. The van der Waals surface area contributed by atoms with Gasteiger partial charge in [-0.25, -0.2) is 4.79 Å². The van der Waals surface area contributed by atoms with Gasteiger partial charge in [0.1, 0.15) is 0 Å². The summed E-state index contributed by atoms with van der Waals surface area (Å²) in [5, 5.41) is 16.1. The number of aliphatic carboxylic acids is 1. The number of hydrogen-bond acceptors (Lipinski definition) is 3. The van der Waals surface area contributed by atoms with E-state index in [1.54, 1.807) is 6.92 Å². The number of halogens is 2. The third-order valence-corrected chi connectivity index (χ3v) is 2.37. The maximum Gasteiger partial charge on any atom is 0.375 e. The van der Waals surface area contributed by atoms with E-state index in [0.717, 1.165) is 11.8 Å². The van der Waals surface area contributed by atoms with Gasteiger partial charge in [0.2, 0.25) is 0 Å². The van der Waals surface area contributed by atoms with Gasteiger partial charge < -0.3 is 10.2 Å². The van der Waals surface area contributed by atoms with E-state index in [1.165, 1.54) is 0 Å². The number of aliphatic hydroxyl groups excluding tert-OH is 1. The van der Waals surface area contributed by atoms with Crippen LogP contribution in [-0.4, -0.2) is 39.7 Å². The van der Waals surface area contributed by atoms with E-state index < -0.39 is 17.6 Å². The van der Waals surface area contributed by atoms with Gasteiger partial charge in [0, 0.05) is 5.25 Å². The van der Waals surface area contributed by atoms with E-state index in [4.69, 9.17) is 10.2 Å². The zero-order valence-corrected chi connectivity index (χ0v) is 7.27. The summed E-state index contributed by atoms with van der Waals surface area (Å²) in [6.45, 7) is 1.31. The molecule has 0 aliphatic heterocycles. The molecule has 0 fully saturated rings. The number of carboxylic acid groups (broad SMARTS) is 1. The average Bonchev–Trinajstić information content (AvgIpc) is 2.00. The minimum atomic E-state index is -3.70. The van der Waals surface area contributed by atoms with Crippen LogP contribution < -0.4 is 0 Å². The average molecular weight is 200 g/mol. The quantitative estimate of drug-likeness (QED) is 0.689. The molecule has 0 radical (unpaired) electrons. The van der Waals surface area contributed by atoms with Crippen molar-refractivity contribution in [3.8, 4) is 0 Å². The summed E-state index contributed by atoms with van der Waals surface area (Å²) >= 11 is 0.731. The summed E-state index contributed by atoms with van der Waals surface area (Å²) in [7, 11) is 0. The maximum absolute atomic E-state index is 12.3. The summed E-state index contributed by atoms with van der Waals surface area (Å²) in [5.41, 5.74) is 0. The van der Waals surface area contributed by atoms with Crippen molar-refractivity contribution in [3.63, 3.8) is 0 Å². The second-order valence-corrected chi connectivity index (χ2v) is 3.74. The van der Waals surface area contributed by atoms with Crippen LogP contribution in [-0.2, 0) is 4.79 Å². The predicted molar refractivity (Wildman–Crippen MR) is 41.6 cm³/mol. The molecular formula is C6H10F2O3S. The molecule has 0 aliphatic rings. The van der Waals surface area contributed by atoms with E-state index in [2.05, 4.69) is 0 Å². The summed E-state index contributed by atoms with van der Waals surface area (Å²) in [4.78, 5) is 9.90. The maximum atomic E-state index is 12.3. The third kappa shape index (κ3) is 3.87. The van der Waals surface area contributed by atoms with Gasteiger partial charge in [0.05, 0.1) is 12.4 Å². The Morgan fingerprint density at radius 3 is 2.50 bits per heavy atom. The van der Waals surface area contributed by atoms with Crippen molar-refractivity contribution >= 4 is 17.7 Å². The standard InChI is InChI=1S/C6H10F2O3S/c1-4(2-9)12-3-6(7,8)5(10)11/h4,9H,2-3H2,1H3,(H,10,11). The van der Waals surface area contributed by atoms with Gasteiger partial charge in [0.25, 0.3) is 0 Å². The van der Waals surface area contributed by atoms with Crippen LogP contribution in [0.5, 0.6) is 0 Å². The van der Waals surface area contributed by atoms with Crippen molar-refractivity contribution in [1.29, 1.82) is 0 Å². The summed E-state index contributed by atoms with van der Waals surface area (Å²) < 4.78 is 24.7. The van der Waals surface area contributed by atoms with Crippen molar-refractivity contribution in [3.05, 3.63) is 0 Å². The Balaban J connectivity index is 3.83. The molecule has 0 aromatic carbocycles.